The van der Waals surface area contributed by atoms with E-state index in [9.17, 15) is 0 Å². The zero-order valence-electron chi connectivity index (χ0n) is 11.5. The first-order valence-corrected chi connectivity index (χ1v) is 6.32. The fourth-order valence-corrected chi connectivity index (χ4v) is 1.92. The third-order valence-electron chi connectivity index (χ3n) is 2.98. The van der Waals surface area contributed by atoms with Crippen molar-refractivity contribution in [3.8, 4) is 0 Å². The molecule has 3 heteroatoms. The van der Waals surface area contributed by atoms with E-state index in [0.717, 1.165) is 31.9 Å². The van der Waals surface area contributed by atoms with E-state index in [4.69, 9.17) is 0 Å². The van der Waals surface area contributed by atoms with Crippen LogP contribution in [0.25, 0.3) is 6.08 Å². The highest BCUT2D eigenvalue weighted by atomic mass is 15.2. The van der Waals surface area contributed by atoms with Crippen molar-refractivity contribution < 1.29 is 0 Å². The number of likely N-dealkylation sites (N-methyl/N-ethyl adjacent to an activating group) is 1. The minimum absolute atomic E-state index is 1.03. The van der Waals surface area contributed by atoms with Gasteiger partial charge in [0.05, 0.1) is 17.6 Å². The summed E-state index contributed by atoms with van der Waals surface area (Å²) in [5, 5.41) is 0. The number of nitrogens with zero attached hydrogens (tertiary/aromatic N) is 3. The van der Waals surface area contributed by atoms with Crippen LogP contribution in [0.2, 0.25) is 0 Å². The summed E-state index contributed by atoms with van der Waals surface area (Å²) >= 11 is 0. The molecule has 3 nitrogen and oxygen atoms in total. The molecule has 18 heavy (non-hydrogen) atoms. The second-order valence-electron chi connectivity index (χ2n) is 4.23. The van der Waals surface area contributed by atoms with E-state index in [0.29, 0.717) is 0 Å². The summed E-state index contributed by atoms with van der Waals surface area (Å²) in [5.74, 6) is 0. The number of pyridine rings is 1. The molecular formula is C15H23N3. The first kappa shape index (κ1) is 14.5. The summed E-state index contributed by atoms with van der Waals surface area (Å²) in [4.78, 5) is 9.18. The number of anilines is 1. The van der Waals surface area contributed by atoms with E-state index >= 15 is 0 Å². The molecule has 2 heterocycles. The maximum absolute atomic E-state index is 4.42. The largest absolute Gasteiger partial charge is 0.368 e. The SMILES string of the molecule is C/C=C/c1ccc(N2CCN(C)CC2)cn1.C=C. The third kappa shape index (κ3) is 4.00. The topological polar surface area (TPSA) is 19.4 Å². The van der Waals surface area contributed by atoms with Crippen LogP contribution in [0.3, 0.4) is 0 Å². The standard InChI is InChI=1S/C13H19N3.C2H4/c1-3-4-12-5-6-13(11-14-12)16-9-7-15(2)8-10-16;1-2/h3-6,11H,7-10H2,1-2H3;1-2H2/b4-3+;. The van der Waals surface area contributed by atoms with E-state index in [1.807, 2.05) is 25.3 Å². The predicted molar refractivity (Wildman–Crippen MR) is 79.9 cm³/mol. The molecule has 0 aliphatic carbocycles. The van der Waals surface area contributed by atoms with Crippen LogP contribution in [0.5, 0.6) is 0 Å². The van der Waals surface area contributed by atoms with Crippen molar-refractivity contribution >= 4 is 11.8 Å². The molecule has 0 saturated carbocycles. The van der Waals surface area contributed by atoms with Crippen molar-refractivity contribution in [3.63, 3.8) is 0 Å². The van der Waals surface area contributed by atoms with Crippen LogP contribution < -0.4 is 4.90 Å². The van der Waals surface area contributed by atoms with Gasteiger partial charge < -0.3 is 9.80 Å². The molecule has 1 aliphatic heterocycles. The van der Waals surface area contributed by atoms with Gasteiger partial charge in [-0.1, -0.05) is 6.08 Å². The van der Waals surface area contributed by atoms with Crippen LogP contribution in [-0.4, -0.2) is 43.1 Å². The summed E-state index contributed by atoms with van der Waals surface area (Å²) in [7, 11) is 2.17. The van der Waals surface area contributed by atoms with Gasteiger partial charge in [-0.05, 0) is 32.2 Å². The highest BCUT2D eigenvalue weighted by molar-refractivity contribution is 5.51. The molecule has 0 unspecified atom stereocenters. The summed E-state index contributed by atoms with van der Waals surface area (Å²) in [6.07, 6.45) is 6.01. The van der Waals surface area contributed by atoms with Crippen LogP contribution in [-0.2, 0) is 0 Å². The highest BCUT2D eigenvalue weighted by Crippen LogP contribution is 2.15. The molecule has 1 aromatic heterocycles. The van der Waals surface area contributed by atoms with Gasteiger partial charge >= 0.3 is 0 Å². The highest BCUT2D eigenvalue weighted by Gasteiger charge is 2.13. The smallest absolute Gasteiger partial charge is 0.0628 e. The third-order valence-corrected chi connectivity index (χ3v) is 2.98. The van der Waals surface area contributed by atoms with Gasteiger partial charge in [0.25, 0.3) is 0 Å². The van der Waals surface area contributed by atoms with Gasteiger partial charge in [0.2, 0.25) is 0 Å². The van der Waals surface area contributed by atoms with Crippen molar-refractivity contribution in [2.75, 3.05) is 38.1 Å². The number of rotatable bonds is 2. The van der Waals surface area contributed by atoms with Gasteiger partial charge in [0.1, 0.15) is 0 Å². The van der Waals surface area contributed by atoms with Gasteiger partial charge in [0.15, 0.2) is 0 Å². The zero-order valence-corrected chi connectivity index (χ0v) is 11.5. The maximum Gasteiger partial charge on any atom is 0.0628 e. The molecule has 0 amide bonds. The van der Waals surface area contributed by atoms with E-state index in [2.05, 4.69) is 47.1 Å². The molecule has 2 rings (SSSR count). The fraction of sp³-hybridized carbons (Fsp3) is 0.400. The lowest BCUT2D eigenvalue weighted by molar-refractivity contribution is 0.313. The molecule has 0 bridgehead atoms. The molecule has 0 spiro atoms. The monoisotopic (exact) mass is 245 g/mol. The minimum Gasteiger partial charge on any atom is -0.368 e. The number of piperazine rings is 1. The molecule has 98 valence electrons. The van der Waals surface area contributed by atoms with Crippen LogP contribution in [0.4, 0.5) is 5.69 Å². The van der Waals surface area contributed by atoms with Gasteiger partial charge in [0, 0.05) is 26.2 Å². The number of hydrogen-bond acceptors (Lipinski definition) is 3. The van der Waals surface area contributed by atoms with Crippen molar-refractivity contribution in [2.24, 2.45) is 0 Å². The average Bonchev–Trinajstić information content (AvgIpc) is 2.43. The van der Waals surface area contributed by atoms with E-state index in [1.165, 1.54) is 5.69 Å². The van der Waals surface area contributed by atoms with Crippen molar-refractivity contribution in [1.29, 1.82) is 0 Å². The van der Waals surface area contributed by atoms with Crippen molar-refractivity contribution in [1.82, 2.24) is 9.88 Å². The number of hydrogen-bond donors (Lipinski definition) is 0. The van der Waals surface area contributed by atoms with Gasteiger partial charge in [-0.25, -0.2) is 0 Å². The average molecular weight is 245 g/mol. The van der Waals surface area contributed by atoms with Gasteiger partial charge in [-0.2, -0.15) is 0 Å². The number of allylic oxidation sites excluding steroid dienone is 1. The summed E-state index contributed by atoms with van der Waals surface area (Å²) in [6, 6.07) is 4.24. The Hall–Kier alpha value is -1.61. The minimum atomic E-state index is 1.03. The normalized spacial score (nSPS) is 16.4. The second-order valence-corrected chi connectivity index (χ2v) is 4.23. The summed E-state index contributed by atoms with van der Waals surface area (Å²) in [6.45, 7) is 12.5. The zero-order chi connectivity index (χ0) is 13.4. The first-order valence-electron chi connectivity index (χ1n) is 6.32. The van der Waals surface area contributed by atoms with Crippen molar-refractivity contribution in [2.45, 2.75) is 6.92 Å². The second kappa shape index (κ2) is 7.67. The van der Waals surface area contributed by atoms with Crippen LogP contribution in [0.1, 0.15) is 12.6 Å². The lowest BCUT2D eigenvalue weighted by Crippen LogP contribution is -2.44. The molecule has 1 saturated heterocycles. The van der Waals surface area contributed by atoms with E-state index < -0.39 is 0 Å². The van der Waals surface area contributed by atoms with Gasteiger partial charge in [-0.3, -0.25) is 4.98 Å². The van der Waals surface area contributed by atoms with E-state index in [1.54, 1.807) is 0 Å². The predicted octanol–water partition coefficient (Wildman–Crippen LogP) is 2.67. The number of aromatic nitrogens is 1. The van der Waals surface area contributed by atoms with Crippen molar-refractivity contribution in [3.05, 3.63) is 43.3 Å². The van der Waals surface area contributed by atoms with Crippen LogP contribution in [0.15, 0.2) is 37.6 Å². The van der Waals surface area contributed by atoms with Gasteiger partial charge in [-0.15, -0.1) is 13.2 Å². The Morgan fingerprint density at radius 3 is 2.33 bits per heavy atom. The fourth-order valence-electron chi connectivity index (χ4n) is 1.92. The Morgan fingerprint density at radius 1 is 1.17 bits per heavy atom. The summed E-state index contributed by atoms with van der Waals surface area (Å²) in [5.41, 5.74) is 2.27. The molecule has 0 radical (unpaired) electrons. The lowest BCUT2D eigenvalue weighted by Gasteiger charge is -2.33. The Balaban J connectivity index is 0.000000771. The molecule has 0 N–H and O–H groups in total. The van der Waals surface area contributed by atoms with Crippen LogP contribution in [0, 0.1) is 0 Å². The Bertz CT molecular complexity index is 362. The molecule has 0 atom stereocenters. The molecule has 1 aliphatic rings. The molecule has 1 aromatic rings. The quantitative estimate of drug-likeness (QED) is 0.747. The molecular weight excluding hydrogens is 222 g/mol. The maximum atomic E-state index is 4.42. The molecule has 1 fully saturated rings. The lowest BCUT2D eigenvalue weighted by atomic mass is 10.2. The Morgan fingerprint density at radius 2 is 1.83 bits per heavy atom. The Kier molecular flexibility index (Phi) is 6.15. The Labute approximate surface area is 110 Å². The van der Waals surface area contributed by atoms with Crippen LogP contribution >= 0.6 is 0 Å². The first-order chi connectivity index (χ1) is 8.79. The summed E-state index contributed by atoms with van der Waals surface area (Å²) < 4.78 is 0. The molecule has 0 aromatic carbocycles. The van der Waals surface area contributed by atoms with E-state index in [-0.39, 0.29) is 0 Å².